The molecule has 1 aromatic carbocycles. The first-order valence-corrected chi connectivity index (χ1v) is 12.9. The van der Waals surface area contributed by atoms with E-state index >= 15 is 0 Å². The summed E-state index contributed by atoms with van der Waals surface area (Å²) >= 11 is 12.5. The second-order valence-electron chi connectivity index (χ2n) is 9.79. The molecule has 3 fully saturated rings. The fourth-order valence-corrected chi connectivity index (χ4v) is 6.31. The minimum absolute atomic E-state index is 0.0309. The Morgan fingerprint density at radius 2 is 1.97 bits per heavy atom. The molecule has 5 rings (SSSR count). The molecule has 1 aliphatic carbocycles. The van der Waals surface area contributed by atoms with E-state index in [2.05, 4.69) is 20.6 Å². The maximum absolute atomic E-state index is 13.6. The van der Waals surface area contributed by atoms with E-state index in [9.17, 15) is 24.3 Å². The van der Waals surface area contributed by atoms with Crippen molar-refractivity contribution in [3.05, 3.63) is 28.0 Å². The number of nitrogens with zero attached hydrogens (tertiary/aromatic N) is 2. The topological polar surface area (TPSA) is 144 Å². The minimum atomic E-state index is -1.02. The van der Waals surface area contributed by atoms with Crippen LogP contribution in [0.15, 0.2) is 12.1 Å². The number of nitrogens with one attached hydrogen (secondary N) is 3. The predicted octanol–water partition coefficient (Wildman–Crippen LogP) is 1.68. The Morgan fingerprint density at radius 3 is 2.67 bits per heavy atom. The maximum Gasteiger partial charge on any atom is 0.290 e. The number of aromatic amines is 1. The van der Waals surface area contributed by atoms with Crippen LogP contribution in [0.5, 0.6) is 0 Å². The van der Waals surface area contributed by atoms with Crippen LogP contribution in [0.25, 0.3) is 11.0 Å². The van der Waals surface area contributed by atoms with Gasteiger partial charge in [0.2, 0.25) is 11.8 Å². The van der Waals surface area contributed by atoms with Crippen LogP contribution in [0.1, 0.15) is 42.7 Å². The summed E-state index contributed by atoms with van der Waals surface area (Å²) in [5.74, 6) is -1.93. The Morgan fingerprint density at radius 1 is 1.19 bits per heavy atom. The molecule has 12 heteroatoms. The van der Waals surface area contributed by atoms with Crippen molar-refractivity contribution in [2.45, 2.75) is 44.2 Å². The molecular formula is C24H27Cl2N5O5. The number of benzene rings is 1. The third-order valence-electron chi connectivity index (χ3n) is 7.71. The van der Waals surface area contributed by atoms with Crippen molar-refractivity contribution in [2.24, 2.45) is 17.8 Å². The quantitative estimate of drug-likeness (QED) is 0.424. The standard InChI is InChI=1S/C24H27Cl2N5O5/c25-14-4-5-15(26)19-18(14)29-21(30-19)24(36)31-9-12-2-1-3-13(12)20(31)23(35)28-16(17(33)10-32)8-11-6-7-27-22(11)34/h4-5,11-13,16,20,32H,1-3,6-10H2,(H,27,34)(H,28,35)(H,29,30). The summed E-state index contributed by atoms with van der Waals surface area (Å²) in [6, 6.07) is 1.40. The number of rotatable bonds is 7. The van der Waals surface area contributed by atoms with Crippen molar-refractivity contribution in [2.75, 3.05) is 19.7 Å². The van der Waals surface area contributed by atoms with Crippen LogP contribution in [-0.4, -0.2) is 75.3 Å². The molecule has 0 radical (unpaired) electrons. The number of aliphatic hydroxyl groups excluding tert-OH is 1. The first-order chi connectivity index (χ1) is 17.3. The average molecular weight is 536 g/mol. The number of hydrogen-bond donors (Lipinski definition) is 4. The highest BCUT2D eigenvalue weighted by Gasteiger charge is 2.50. The number of carbonyl (C=O) groups excluding carboxylic acids is 4. The molecule has 3 heterocycles. The molecule has 0 bridgehead atoms. The summed E-state index contributed by atoms with van der Waals surface area (Å²) in [6.45, 7) is 0.153. The van der Waals surface area contributed by atoms with Gasteiger partial charge in [-0.05, 0) is 49.7 Å². The molecule has 10 nitrogen and oxygen atoms in total. The smallest absolute Gasteiger partial charge is 0.290 e. The zero-order valence-corrected chi connectivity index (χ0v) is 20.9. The Hall–Kier alpha value is -2.69. The fraction of sp³-hybridized carbons (Fsp3) is 0.542. The third-order valence-corrected chi connectivity index (χ3v) is 8.33. The maximum atomic E-state index is 13.6. The van der Waals surface area contributed by atoms with Crippen LogP contribution in [0.4, 0.5) is 0 Å². The number of imidazole rings is 1. The van der Waals surface area contributed by atoms with Crippen LogP contribution in [0.3, 0.4) is 0 Å². The lowest BCUT2D eigenvalue weighted by Gasteiger charge is -2.28. The molecule has 1 aromatic heterocycles. The SMILES string of the molecule is O=C1NCCC1CC(NC(=O)C1C2CCCC2CN1C(=O)c1nc2c(Cl)ccc(Cl)c2[nH]1)C(=O)CO. The lowest BCUT2D eigenvalue weighted by Crippen LogP contribution is -2.53. The molecule has 2 saturated heterocycles. The largest absolute Gasteiger partial charge is 0.389 e. The minimum Gasteiger partial charge on any atom is -0.389 e. The Kier molecular flexibility index (Phi) is 6.93. The highest BCUT2D eigenvalue weighted by Crippen LogP contribution is 2.43. The number of fused-ring (bicyclic) bond motifs is 2. The van der Waals surface area contributed by atoms with Crippen LogP contribution in [0, 0.1) is 17.8 Å². The van der Waals surface area contributed by atoms with E-state index in [1.54, 1.807) is 12.1 Å². The fourth-order valence-electron chi connectivity index (χ4n) is 5.91. The van der Waals surface area contributed by atoms with E-state index in [1.165, 1.54) is 4.90 Å². The Bertz CT molecular complexity index is 1190. The van der Waals surface area contributed by atoms with E-state index < -0.39 is 42.2 Å². The van der Waals surface area contributed by atoms with Crippen molar-refractivity contribution in [3.63, 3.8) is 0 Å². The molecule has 4 N–H and O–H groups in total. The summed E-state index contributed by atoms with van der Waals surface area (Å²) < 4.78 is 0. The van der Waals surface area contributed by atoms with Gasteiger partial charge >= 0.3 is 0 Å². The number of ketones is 1. The normalized spacial score (nSPS) is 26.2. The first-order valence-electron chi connectivity index (χ1n) is 12.1. The molecule has 36 heavy (non-hydrogen) atoms. The highest BCUT2D eigenvalue weighted by atomic mass is 35.5. The number of amides is 3. The summed E-state index contributed by atoms with van der Waals surface area (Å²) in [7, 11) is 0. The summed E-state index contributed by atoms with van der Waals surface area (Å²) in [5.41, 5.74) is 0.813. The lowest BCUT2D eigenvalue weighted by atomic mass is 9.92. The van der Waals surface area contributed by atoms with E-state index in [1.807, 2.05) is 0 Å². The van der Waals surface area contributed by atoms with Gasteiger partial charge in [-0.15, -0.1) is 0 Å². The monoisotopic (exact) mass is 535 g/mol. The number of Topliss-reactive ketones (excluding diaryl/α,β-unsaturated/α-hetero) is 1. The van der Waals surface area contributed by atoms with Gasteiger partial charge in [0.15, 0.2) is 11.6 Å². The Labute approximate surface area is 217 Å². The predicted molar refractivity (Wildman–Crippen MR) is 132 cm³/mol. The molecule has 192 valence electrons. The molecule has 5 unspecified atom stereocenters. The van der Waals surface area contributed by atoms with Gasteiger partial charge in [0.05, 0.1) is 21.6 Å². The van der Waals surface area contributed by atoms with Gasteiger partial charge in [0, 0.05) is 19.0 Å². The number of halogens is 2. The summed E-state index contributed by atoms with van der Waals surface area (Å²) in [6.07, 6.45) is 3.30. The van der Waals surface area contributed by atoms with Crippen molar-refractivity contribution >= 4 is 57.7 Å². The van der Waals surface area contributed by atoms with Crippen LogP contribution in [0.2, 0.25) is 10.0 Å². The molecular weight excluding hydrogens is 509 g/mol. The van der Waals surface area contributed by atoms with E-state index in [4.69, 9.17) is 23.2 Å². The zero-order valence-electron chi connectivity index (χ0n) is 19.4. The second-order valence-corrected chi connectivity index (χ2v) is 10.6. The van der Waals surface area contributed by atoms with Gasteiger partial charge in [-0.2, -0.15) is 0 Å². The number of H-pyrrole nitrogens is 1. The van der Waals surface area contributed by atoms with Crippen molar-refractivity contribution in [1.82, 2.24) is 25.5 Å². The van der Waals surface area contributed by atoms with Gasteiger partial charge in [-0.3, -0.25) is 19.2 Å². The molecule has 2 aromatic rings. The number of aliphatic hydroxyl groups is 1. The lowest BCUT2D eigenvalue weighted by molar-refractivity contribution is -0.133. The molecule has 2 aliphatic heterocycles. The molecule has 3 aliphatic rings. The summed E-state index contributed by atoms with van der Waals surface area (Å²) in [5, 5.41) is 15.7. The zero-order chi connectivity index (χ0) is 25.6. The number of hydrogen-bond acceptors (Lipinski definition) is 6. The number of carbonyl (C=O) groups is 4. The van der Waals surface area contributed by atoms with Crippen molar-refractivity contribution < 1.29 is 24.3 Å². The van der Waals surface area contributed by atoms with Crippen molar-refractivity contribution in [3.8, 4) is 0 Å². The van der Waals surface area contributed by atoms with Crippen LogP contribution >= 0.6 is 23.2 Å². The summed E-state index contributed by atoms with van der Waals surface area (Å²) in [4.78, 5) is 60.5. The van der Waals surface area contributed by atoms with E-state index in [-0.39, 0.29) is 30.0 Å². The second kappa shape index (κ2) is 9.99. The van der Waals surface area contributed by atoms with Crippen LogP contribution in [-0.2, 0) is 14.4 Å². The molecule has 5 atom stereocenters. The van der Waals surface area contributed by atoms with Gasteiger partial charge in [-0.25, -0.2) is 4.98 Å². The van der Waals surface area contributed by atoms with Crippen molar-refractivity contribution in [1.29, 1.82) is 0 Å². The number of aromatic nitrogens is 2. The van der Waals surface area contributed by atoms with Gasteiger partial charge in [0.1, 0.15) is 18.2 Å². The van der Waals surface area contributed by atoms with Gasteiger partial charge < -0.3 is 25.6 Å². The third kappa shape index (κ3) is 4.46. The van der Waals surface area contributed by atoms with Crippen LogP contribution < -0.4 is 10.6 Å². The highest BCUT2D eigenvalue weighted by molar-refractivity contribution is 6.39. The molecule has 0 spiro atoms. The van der Waals surface area contributed by atoms with E-state index in [0.29, 0.717) is 40.6 Å². The average Bonchev–Trinajstić information content (AvgIpc) is 3.64. The van der Waals surface area contributed by atoms with Gasteiger partial charge in [0.25, 0.3) is 5.91 Å². The molecule has 3 amide bonds. The Balaban J connectivity index is 1.40. The van der Waals surface area contributed by atoms with Gasteiger partial charge in [-0.1, -0.05) is 29.6 Å². The first kappa shape index (κ1) is 25.0. The number of likely N-dealkylation sites (tertiary alicyclic amines) is 1. The molecule has 1 saturated carbocycles. The van der Waals surface area contributed by atoms with E-state index in [0.717, 1.165) is 19.3 Å².